The van der Waals surface area contributed by atoms with Gasteiger partial charge in [0.15, 0.2) is 0 Å². The Morgan fingerprint density at radius 3 is 2.21 bits per heavy atom. The molecule has 4 rings (SSSR count). The lowest BCUT2D eigenvalue weighted by atomic mass is 9.99. The van der Waals surface area contributed by atoms with Crippen LogP contribution in [-0.4, -0.2) is 21.7 Å². The molecule has 3 aromatic rings. The highest BCUT2D eigenvalue weighted by molar-refractivity contribution is 6.46. The molecule has 1 N–H and O–H groups in total. The largest absolute Gasteiger partial charge is 0.507 e. The Bertz CT molecular complexity index is 1050. The molecule has 2 heterocycles. The van der Waals surface area contributed by atoms with Crippen molar-refractivity contribution < 1.29 is 19.1 Å². The Kier molecular flexibility index (Phi) is 4.57. The van der Waals surface area contributed by atoms with Gasteiger partial charge in [0.1, 0.15) is 23.3 Å². The highest BCUT2D eigenvalue weighted by atomic mass is 16.3. The highest BCUT2D eigenvalue weighted by Gasteiger charge is 2.47. The van der Waals surface area contributed by atoms with E-state index in [-0.39, 0.29) is 17.9 Å². The van der Waals surface area contributed by atoms with Crippen molar-refractivity contribution in [3.63, 3.8) is 0 Å². The number of aryl methyl sites for hydroxylation is 1. The fraction of sp³-hybridized carbons (Fsp3) is 0.130. The van der Waals surface area contributed by atoms with E-state index in [1.165, 1.54) is 4.90 Å². The Balaban J connectivity index is 1.85. The summed E-state index contributed by atoms with van der Waals surface area (Å²) in [5.41, 5.74) is 1.41. The number of aliphatic hydroxyl groups is 1. The first kappa shape index (κ1) is 17.8. The van der Waals surface area contributed by atoms with Crippen LogP contribution in [0.25, 0.3) is 5.76 Å². The zero-order chi connectivity index (χ0) is 19.7. The molecule has 0 radical (unpaired) electrons. The summed E-state index contributed by atoms with van der Waals surface area (Å²) in [5.74, 6) is -0.449. The number of benzene rings is 2. The quantitative estimate of drug-likeness (QED) is 0.422. The zero-order valence-corrected chi connectivity index (χ0v) is 15.3. The van der Waals surface area contributed by atoms with Crippen LogP contribution in [0.3, 0.4) is 0 Å². The van der Waals surface area contributed by atoms with E-state index in [0.717, 1.165) is 5.56 Å². The van der Waals surface area contributed by atoms with E-state index in [9.17, 15) is 14.7 Å². The summed E-state index contributed by atoms with van der Waals surface area (Å²) in [5, 5.41) is 10.9. The summed E-state index contributed by atoms with van der Waals surface area (Å²) in [4.78, 5) is 27.1. The molecule has 0 saturated carbocycles. The number of carbonyl (C=O) groups is 2. The van der Waals surface area contributed by atoms with Gasteiger partial charge in [0.25, 0.3) is 11.7 Å². The zero-order valence-electron chi connectivity index (χ0n) is 15.3. The van der Waals surface area contributed by atoms with E-state index in [0.29, 0.717) is 17.1 Å². The molecule has 0 spiro atoms. The van der Waals surface area contributed by atoms with Gasteiger partial charge in [-0.25, -0.2) is 0 Å². The molecule has 1 aromatic heterocycles. The topological polar surface area (TPSA) is 70.8 Å². The number of amides is 1. The summed E-state index contributed by atoms with van der Waals surface area (Å²) in [7, 11) is 0. The predicted octanol–water partition coefficient (Wildman–Crippen LogP) is 4.21. The van der Waals surface area contributed by atoms with Crippen LogP contribution in [0, 0.1) is 6.92 Å². The van der Waals surface area contributed by atoms with Crippen molar-refractivity contribution in [1.29, 1.82) is 0 Å². The monoisotopic (exact) mass is 373 g/mol. The number of nitrogens with zero attached hydrogens (tertiary/aromatic N) is 1. The van der Waals surface area contributed by atoms with E-state index in [1.54, 1.807) is 43.3 Å². The Morgan fingerprint density at radius 2 is 1.61 bits per heavy atom. The molecule has 0 bridgehead atoms. The second-order valence-corrected chi connectivity index (χ2v) is 6.73. The number of hydrogen-bond donors (Lipinski definition) is 1. The molecular formula is C23H19NO4. The maximum absolute atomic E-state index is 12.9. The number of rotatable bonds is 4. The van der Waals surface area contributed by atoms with Gasteiger partial charge in [-0.1, -0.05) is 60.7 Å². The molecule has 5 heteroatoms. The number of carbonyl (C=O) groups excluding carboxylic acids is 2. The first-order chi connectivity index (χ1) is 13.6. The maximum Gasteiger partial charge on any atom is 0.296 e. The van der Waals surface area contributed by atoms with Gasteiger partial charge in [0.2, 0.25) is 0 Å². The van der Waals surface area contributed by atoms with E-state index in [1.807, 2.05) is 36.4 Å². The molecule has 2 aromatic carbocycles. The SMILES string of the molecule is Cc1ccc(C2/C(=C(\O)c3ccccc3)C(=O)C(=O)N2Cc2ccccc2)o1. The summed E-state index contributed by atoms with van der Waals surface area (Å²) in [6, 6.07) is 20.9. The van der Waals surface area contributed by atoms with Crippen LogP contribution in [-0.2, 0) is 16.1 Å². The molecule has 1 amide bonds. The number of hydrogen-bond acceptors (Lipinski definition) is 4. The van der Waals surface area contributed by atoms with Gasteiger partial charge in [-0.15, -0.1) is 0 Å². The minimum atomic E-state index is -0.783. The van der Waals surface area contributed by atoms with Crippen LogP contribution in [0.5, 0.6) is 0 Å². The van der Waals surface area contributed by atoms with Gasteiger partial charge in [-0.2, -0.15) is 0 Å². The van der Waals surface area contributed by atoms with Crippen molar-refractivity contribution in [2.75, 3.05) is 0 Å². The Labute approximate surface area is 162 Å². The standard InChI is InChI=1S/C23H19NO4/c1-15-12-13-18(28-15)20-19(21(25)17-10-6-3-7-11-17)22(26)23(27)24(20)14-16-8-4-2-5-9-16/h2-13,20,25H,14H2,1H3/b21-19+. The van der Waals surface area contributed by atoms with Gasteiger partial charge >= 0.3 is 0 Å². The fourth-order valence-corrected chi connectivity index (χ4v) is 3.47. The molecule has 1 fully saturated rings. The maximum atomic E-state index is 12.9. The average Bonchev–Trinajstić information content (AvgIpc) is 3.25. The summed E-state index contributed by atoms with van der Waals surface area (Å²) in [6.45, 7) is 2.03. The summed E-state index contributed by atoms with van der Waals surface area (Å²) in [6.07, 6.45) is 0. The Hall–Kier alpha value is -3.60. The van der Waals surface area contributed by atoms with E-state index < -0.39 is 17.7 Å². The van der Waals surface area contributed by atoms with Crippen molar-refractivity contribution >= 4 is 17.4 Å². The van der Waals surface area contributed by atoms with Crippen LogP contribution in [0.1, 0.15) is 28.7 Å². The smallest absolute Gasteiger partial charge is 0.296 e. The van der Waals surface area contributed by atoms with Gasteiger partial charge < -0.3 is 14.4 Å². The highest BCUT2D eigenvalue weighted by Crippen LogP contribution is 2.40. The minimum Gasteiger partial charge on any atom is -0.507 e. The molecule has 1 aliphatic heterocycles. The van der Waals surface area contributed by atoms with Gasteiger partial charge in [-0.3, -0.25) is 9.59 Å². The summed E-state index contributed by atoms with van der Waals surface area (Å²) >= 11 is 0. The van der Waals surface area contributed by atoms with Crippen molar-refractivity contribution in [3.8, 4) is 0 Å². The molecule has 1 aliphatic rings. The molecule has 1 unspecified atom stereocenters. The van der Waals surface area contributed by atoms with Crippen LogP contribution < -0.4 is 0 Å². The van der Waals surface area contributed by atoms with E-state index >= 15 is 0 Å². The molecular weight excluding hydrogens is 354 g/mol. The third kappa shape index (κ3) is 3.11. The van der Waals surface area contributed by atoms with E-state index in [4.69, 9.17) is 4.42 Å². The first-order valence-corrected chi connectivity index (χ1v) is 9.00. The van der Waals surface area contributed by atoms with Crippen molar-refractivity contribution in [3.05, 3.63) is 101 Å². The molecule has 1 atom stereocenters. The van der Waals surface area contributed by atoms with Crippen LogP contribution in [0.2, 0.25) is 0 Å². The van der Waals surface area contributed by atoms with Crippen molar-refractivity contribution in [2.24, 2.45) is 0 Å². The van der Waals surface area contributed by atoms with Crippen molar-refractivity contribution in [1.82, 2.24) is 4.90 Å². The molecule has 140 valence electrons. The second kappa shape index (κ2) is 7.19. The lowest BCUT2D eigenvalue weighted by molar-refractivity contribution is -0.140. The normalized spacial score (nSPS) is 18.6. The van der Waals surface area contributed by atoms with Gasteiger partial charge in [-0.05, 0) is 24.6 Å². The number of likely N-dealkylation sites (tertiary alicyclic amines) is 1. The predicted molar refractivity (Wildman–Crippen MR) is 104 cm³/mol. The molecule has 5 nitrogen and oxygen atoms in total. The van der Waals surface area contributed by atoms with Crippen molar-refractivity contribution in [2.45, 2.75) is 19.5 Å². The van der Waals surface area contributed by atoms with Gasteiger partial charge in [0, 0.05) is 12.1 Å². The lowest BCUT2D eigenvalue weighted by Gasteiger charge is -2.23. The number of aliphatic hydroxyl groups excluding tert-OH is 1. The molecule has 1 saturated heterocycles. The Morgan fingerprint density at radius 1 is 0.964 bits per heavy atom. The minimum absolute atomic E-state index is 0.0430. The first-order valence-electron chi connectivity index (χ1n) is 9.00. The average molecular weight is 373 g/mol. The number of furan rings is 1. The summed E-state index contributed by atoms with van der Waals surface area (Å²) < 4.78 is 5.76. The number of ketones is 1. The second-order valence-electron chi connectivity index (χ2n) is 6.73. The van der Waals surface area contributed by atoms with Crippen LogP contribution >= 0.6 is 0 Å². The third-order valence-electron chi connectivity index (χ3n) is 4.81. The third-order valence-corrected chi connectivity index (χ3v) is 4.81. The number of Topliss-reactive ketones (excluding diaryl/α,β-unsaturated/α-hetero) is 1. The molecule has 28 heavy (non-hydrogen) atoms. The molecule has 0 aliphatic carbocycles. The van der Waals surface area contributed by atoms with E-state index in [2.05, 4.69) is 0 Å². The lowest BCUT2D eigenvalue weighted by Crippen LogP contribution is -2.29. The van der Waals surface area contributed by atoms with Crippen LogP contribution in [0.4, 0.5) is 0 Å². The van der Waals surface area contributed by atoms with Gasteiger partial charge in [0.05, 0.1) is 5.57 Å². The van der Waals surface area contributed by atoms with Crippen LogP contribution in [0.15, 0.2) is 82.8 Å². The fourth-order valence-electron chi connectivity index (χ4n) is 3.47.